The molecule has 0 aromatic heterocycles. The SMILES string of the molecule is C=C/C=C(C)/C=C(C)/C(/C=N/NC1=NCCN1)=C\C. The Balaban J connectivity index is 2.65. The molecule has 102 valence electrons. The first-order chi connectivity index (χ1) is 9.17. The van der Waals surface area contributed by atoms with Crippen LogP contribution in [-0.2, 0) is 0 Å². The molecule has 1 rings (SSSR count). The second-order valence-corrected chi connectivity index (χ2v) is 4.24. The first-order valence-electron chi connectivity index (χ1n) is 6.39. The number of nitrogens with one attached hydrogen (secondary N) is 2. The average molecular weight is 258 g/mol. The van der Waals surface area contributed by atoms with E-state index in [0.29, 0.717) is 0 Å². The molecule has 0 saturated heterocycles. The molecular weight excluding hydrogens is 236 g/mol. The van der Waals surface area contributed by atoms with Gasteiger partial charge >= 0.3 is 0 Å². The van der Waals surface area contributed by atoms with E-state index in [1.165, 1.54) is 0 Å². The minimum absolute atomic E-state index is 0.732. The first kappa shape index (κ1) is 15.0. The molecule has 0 fully saturated rings. The van der Waals surface area contributed by atoms with Gasteiger partial charge in [0.2, 0.25) is 5.96 Å². The van der Waals surface area contributed by atoms with Crippen LogP contribution in [0.1, 0.15) is 20.8 Å². The van der Waals surface area contributed by atoms with Crippen LogP contribution in [0.25, 0.3) is 0 Å². The van der Waals surface area contributed by atoms with E-state index < -0.39 is 0 Å². The van der Waals surface area contributed by atoms with E-state index in [1.807, 2.05) is 26.0 Å². The lowest BCUT2D eigenvalue weighted by molar-refractivity contribution is 0.919. The maximum absolute atomic E-state index is 4.20. The largest absolute Gasteiger partial charge is 0.353 e. The molecule has 1 aliphatic heterocycles. The van der Waals surface area contributed by atoms with Gasteiger partial charge in [-0.25, -0.2) is 10.4 Å². The average Bonchev–Trinajstić information content (AvgIpc) is 2.87. The van der Waals surface area contributed by atoms with Crippen LogP contribution in [0, 0.1) is 0 Å². The van der Waals surface area contributed by atoms with E-state index in [2.05, 4.69) is 40.4 Å². The summed E-state index contributed by atoms with van der Waals surface area (Å²) in [7, 11) is 0. The second-order valence-electron chi connectivity index (χ2n) is 4.24. The highest BCUT2D eigenvalue weighted by Gasteiger charge is 2.01. The number of aliphatic imine (C=N–C) groups is 1. The molecule has 1 heterocycles. The van der Waals surface area contributed by atoms with Crippen molar-refractivity contribution in [2.24, 2.45) is 10.1 Å². The van der Waals surface area contributed by atoms with E-state index in [-0.39, 0.29) is 0 Å². The zero-order chi connectivity index (χ0) is 14.1. The second kappa shape index (κ2) is 8.08. The minimum atomic E-state index is 0.732. The van der Waals surface area contributed by atoms with Gasteiger partial charge in [-0.2, -0.15) is 5.10 Å². The highest BCUT2D eigenvalue weighted by Crippen LogP contribution is 2.10. The highest BCUT2D eigenvalue weighted by atomic mass is 15.4. The van der Waals surface area contributed by atoms with Gasteiger partial charge in [-0.05, 0) is 31.9 Å². The van der Waals surface area contributed by atoms with Gasteiger partial charge in [0.1, 0.15) is 0 Å². The van der Waals surface area contributed by atoms with Crippen molar-refractivity contribution in [1.82, 2.24) is 10.7 Å². The summed E-state index contributed by atoms with van der Waals surface area (Å²) in [6.45, 7) is 11.5. The number of hydrazone groups is 1. The molecule has 4 nitrogen and oxygen atoms in total. The number of nitrogens with zero attached hydrogens (tertiary/aromatic N) is 2. The van der Waals surface area contributed by atoms with Crippen LogP contribution < -0.4 is 10.7 Å². The molecule has 0 spiro atoms. The summed E-state index contributed by atoms with van der Waals surface area (Å²) >= 11 is 0. The van der Waals surface area contributed by atoms with Crippen LogP contribution >= 0.6 is 0 Å². The molecule has 0 aliphatic carbocycles. The van der Waals surface area contributed by atoms with Gasteiger partial charge in [-0.15, -0.1) is 0 Å². The third-order valence-corrected chi connectivity index (χ3v) is 2.64. The molecule has 0 radical (unpaired) electrons. The Labute approximate surface area is 115 Å². The van der Waals surface area contributed by atoms with Gasteiger partial charge in [0.25, 0.3) is 0 Å². The molecule has 0 aromatic carbocycles. The summed E-state index contributed by atoms with van der Waals surface area (Å²) in [6, 6.07) is 0. The molecule has 0 saturated carbocycles. The Bertz CT molecular complexity index is 465. The fourth-order valence-electron chi connectivity index (χ4n) is 1.70. The van der Waals surface area contributed by atoms with Crippen molar-refractivity contribution in [2.75, 3.05) is 13.1 Å². The minimum Gasteiger partial charge on any atom is -0.353 e. The molecule has 1 aliphatic rings. The zero-order valence-electron chi connectivity index (χ0n) is 11.9. The summed E-state index contributed by atoms with van der Waals surface area (Å²) in [5, 5.41) is 7.28. The molecule has 0 amide bonds. The summed E-state index contributed by atoms with van der Waals surface area (Å²) in [5.74, 6) is 0.732. The van der Waals surface area contributed by atoms with Gasteiger partial charge in [0, 0.05) is 6.54 Å². The van der Waals surface area contributed by atoms with E-state index in [0.717, 1.165) is 35.8 Å². The smallest absolute Gasteiger partial charge is 0.212 e. The number of hydrogen-bond acceptors (Lipinski definition) is 4. The van der Waals surface area contributed by atoms with Crippen LogP contribution in [0.2, 0.25) is 0 Å². The molecule has 0 atom stereocenters. The van der Waals surface area contributed by atoms with Gasteiger partial charge in [-0.3, -0.25) is 0 Å². The summed E-state index contributed by atoms with van der Waals surface area (Å²) < 4.78 is 0. The normalized spacial score (nSPS) is 17.4. The van der Waals surface area contributed by atoms with Crippen molar-refractivity contribution in [2.45, 2.75) is 20.8 Å². The predicted octanol–water partition coefficient (Wildman–Crippen LogP) is 2.55. The third-order valence-electron chi connectivity index (χ3n) is 2.64. The van der Waals surface area contributed by atoms with Crippen molar-refractivity contribution >= 4 is 12.2 Å². The van der Waals surface area contributed by atoms with E-state index in [4.69, 9.17) is 0 Å². The summed E-state index contributed by atoms with van der Waals surface area (Å²) in [4.78, 5) is 4.20. The Morgan fingerprint density at radius 2 is 2.26 bits per heavy atom. The molecule has 0 bridgehead atoms. The predicted molar refractivity (Wildman–Crippen MR) is 83.4 cm³/mol. The Hall–Kier alpha value is -2.10. The Morgan fingerprint density at radius 3 is 2.84 bits per heavy atom. The monoisotopic (exact) mass is 258 g/mol. The lowest BCUT2D eigenvalue weighted by Gasteiger charge is -2.03. The lowest BCUT2D eigenvalue weighted by atomic mass is 10.1. The van der Waals surface area contributed by atoms with Crippen LogP contribution in [0.3, 0.4) is 0 Å². The molecule has 4 heteroatoms. The number of rotatable bonds is 5. The van der Waals surface area contributed by atoms with Crippen LogP contribution in [0.4, 0.5) is 0 Å². The van der Waals surface area contributed by atoms with Gasteiger partial charge in [0.05, 0.1) is 12.8 Å². The van der Waals surface area contributed by atoms with Gasteiger partial charge < -0.3 is 5.32 Å². The topological polar surface area (TPSA) is 48.8 Å². The fourth-order valence-corrected chi connectivity index (χ4v) is 1.70. The molecule has 19 heavy (non-hydrogen) atoms. The quantitative estimate of drug-likeness (QED) is 0.452. The molecule has 0 aromatic rings. The van der Waals surface area contributed by atoms with Crippen molar-refractivity contribution in [1.29, 1.82) is 0 Å². The van der Waals surface area contributed by atoms with Crippen molar-refractivity contribution in [3.63, 3.8) is 0 Å². The Morgan fingerprint density at radius 1 is 1.47 bits per heavy atom. The maximum atomic E-state index is 4.20. The summed E-state index contributed by atoms with van der Waals surface area (Å²) in [6.07, 6.45) is 9.70. The molecule has 2 N–H and O–H groups in total. The Kier molecular flexibility index (Phi) is 6.36. The third kappa shape index (κ3) is 5.38. The van der Waals surface area contributed by atoms with E-state index >= 15 is 0 Å². The number of hydrogen-bond donors (Lipinski definition) is 2. The standard InChI is InChI=1S/C15H22N4/c1-5-7-12(3)10-13(4)14(6-2)11-18-19-15-16-8-9-17-15/h5-7,10-11H,1,8-9H2,2-4H3,(H2,16,17,19)/b12-7+,13-10+,14-6-,18-11+. The van der Waals surface area contributed by atoms with Crippen molar-refractivity contribution in [3.05, 3.63) is 47.6 Å². The van der Waals surface area contributed by atoms with Crippen LogP contribution in [-0.4, -0.2) is 25.3 Å². The van der Waals surface area contributed by atoms with E-state index in [1.54, 1.807) is 12.3 Å². The van der Waals surface area contributed by atoms with Gasteiger partial charge in [-0.1, -0.05) is 36.5 Å². The van der Waals surface area contributed by atoms with Crippen molar-refractivity contribution < 1.29 is 0 Å². The molecule has 0 unspecified atom stereocenters. The van der Waals surface area contributed by atoms with Crippen LogP contribution in [0.15, 0.2) is 57.7 Å². The van der Waals surface area contributed by atoms with Gasteiger partial charge in [0.15, 0.2) is 0 Å². The maximum Gasteiger partial charge on any atom is 0.212 e. The van der Waals surface area contributed by atoms with Crippen molar-refractivity contribution in [3.8, 4) is 0 Å². The number of guanidine groups is 1. The fraction of sp³-hybridized carbons (Fsp3) is 0.333. The van der Waals surface area contributed by atoms with Crippen LogP contribution in [0.5, 0.6) is 0 Å². The lowest BCUT2D eigenvalue weighted by Crippen LogP contribution is -2.30. The summed E-state index contributed by atoms with van der Waals surface area (Å²) in [5.41, 5.74) is 6.28. The zero-order valence-corrected chi connectivity index (χ0v) is 11.9. The molecular formula is C15H22N4. The van der Waals surface area contributed by atoms with E-state index in [9.17, 15) is 0 Å². The number of allylic oxidation sites excluding steroid dienone is 7. The first-order valence-corrected chi connectivity index (χ1v) is 6.39. The highest BCUT2D eigenvalue weighted by molar-refractivity contribution is 5.87.